The third kappa shape index (κ3) is 4.16. The van der Waals surface area contributed by atoms with E-state index >= 15 is 0 Å². The highest BCUT2D eigenvalue weighted by atomic mass is 16.1. The van der Waals surface area contributed by atoms with Gasteiger partial charge in [-0.2, -0.15) is 0 Å². The van der Waals surface area contributed by atoms with Gasteiger partial charge in [0.2, 0.25) is 5.91 Å². The molecule has 0 spiro atoms. The van der Waals surface area contributed by atoms with E-state index in [1.54, 1.807) is 7.05 Å². The number of amides is 1. The highest BCUT2D eigenvalue weighted by Gasteiger charge is 2.04. The minimum Gasteiger partial charge on any atom is -0.355 e. The number of hydrogen-bond acceptors (Lipinski definition) is 1. The van der Waals surface area contributed by atoms with Gasteiger partial charge < -0.3 is 5.32 Å². The first-order valence-electron chi connectivity index (χ1n) is 4.67. The van der Waals surface area contributed by atoms with Crippen LogP contribution in [0.1, 0.15) is 39.5 Å². The van der Waals surface area contributed by atoms with Gasteiger partial charge in [-0.1, -0.05) is 32.8 Å². The smallest absolute Gasteiger partial charge is 0.246 e. The molecule has 0 unspecified atom stereocenters. The molecule has 70 valence electrons. The van der Waals surface area contributed by atoms with E-state index in [0.717, 1.165) is 31.3 Å². The fourth-order valence-corrected chi connectivity index (χ4v) is 1.06. The Kier molecular flexibility index (Phi) is 6.44. The largest absolute Gasteiger partial charge is 0.355 e. The van der Waals surface area contributed by atoms with Crippen LogP contribution in [0.25, 0.3) is 0 Å². The lowest BCUT2D eigenvalue weighted by molar-refractivity contribution is -0.117. The van der Waals surface area contributed by atoms with E-state index in [4.69, 9.17) is 0 Å². The molecule has 0 saturated heterocycles. The molecule has 0 bridgehead atoms. The molecule has 1 N–H and O–H groups in total. The van der Waals surface area contributed by atoms with Gasteiger partial charge in [0.05, 0.1) is 0 Å². The van der Waals surface area contributed by atoms with Crippen LogP contribution in [0.15, 0.2) is 11.6 Å². The molecule has 0 aliphatic carbocycles. The Hall–Kier alpha value is -0.790. The predicted molar refractivity (Wildman–Crippen MR) is 52.0 cm³/mol. The lowest BCUT2D eigenvalue weighted by Crippen LogP contribution is -2.19. The minimum absolute atomic E-state index is 0.0744. The van der Waals surface area contributed by atoms with Crippen LogP contribution in [0.5, 0.6) is 0 Å². The van der Waals surface area contributed by atoms with E-state index in [9.17, 15) is 4.79 Å². The third-order valence-electron chi connectivity index (χ3n) is 1.72. The molecule has 2 nitrogen and oxygen atoms in total. The van der Waals surface area contributed by atoms with E-state index in [2.05, 4.69) is 19.2 Å². The van der Waals surface area contributed by atoms with Crippen molar-refractivity contribution in [3.8, 4) is 0 Å². The molecule has 0 fully saturated rings. The molecule has 12 heavy (non-hydrogen) atoms. The number of likely N-dealkylation sites (N-methyl/N-ethyl adjacent to an activating group) is 1. The quantitative estimate of drug-likeness (QED) is 0.628. The highest BCUT2D eigenvalue weighted by Crippen LogP contribution is 2.06. The van der Waals surface area contributed by atoms with Gasteiger partial charge in [0.25, 0.3) is 0 Å². The van der Waals surface area contributed by atoms with Crippen LogP contribution in [-0.4, -0.2) is 13.0 Å². The van der Waals surface area contributed by atoms with Crippen LogP contribution >= 0.6 is 0 Å². The second-order valence-corrected chi connectivity index (χ2v) is 2.85. The Morgan fingerprint density at radius 3 is 2.42 bits per heavy atom. The first kappa shape index (κ1) is 11.2. The molecule has 0 aromatic rings. The second-order valence-electron chi connectivity index (χ2n) is 2.85. The maximum atomic E-state index is 11.2. The number of hydrogen-bond donors (Lipinski definition) is 1. The Labute approximate surface area is 75.0 Å². The summed E-state index contributed by atoms with van der Waals surface area (Å²) in [5.74, 6) is 0.0744. The Morgan fingerprint density at radius 2 is 2.00 bits per heavy atom. The summed E-state index contributed by atoms with van der Waals surface area (Å²) in [5, 5.41) is 2.65. The van der Waals surface area contributed by atoms with Crippen molar-refractivity contribution in [3.05, 3.63) is 11.6 Å². The SMILES string of the molecule is CCCC=C(CCC)C(=O)NC. The molecule has 0 aliphatic heterocycles. The molecule has 0 heterocycles. The average Bonchev–Trinajstić information content (AvgIpc) is 2.11. The van der Waals surface area contributed by atoms with Gasteiger partial charge in [0.15, 0.2) is 0 Å². The monoisotopic (exact) mass is 169 g/mol. The molecular formula is C10H19NO. The molecule has 0 aromatic carbocycles. The minimum atomic E-state index is 0.0744. The molecule has 0 radical (unpaired) electrons. The van der Waals surface area contributed by atoms with Gasteiger partial charge in [0.1, 0.15) is 0 Å². The summed E-state index contributed by atoms with van der Waals surface area (Å²) in [5.41, 5.74) is 0.932. The van der Waals surface area contributed by atoms with Crippen molar-refractivity contribution in [2.75, 3.05) is 7.05 Å². The Morgan fingerprint density at radius 1 is 1.33 bits per heavy atom. The topological polar surface area (TPSA) is 29.1 Å². The molecule has 1 amide bonds. The molecule has 0 saturated carbocycles. The van der Waals surface area contributed by atoms with Gasteiger partial charge in [-0.3, -0.25) is 4.79 Å². The van der Waals surface area contributed by atoms with Crippen molar-refractivity contribution >= 4 is 5.91 Å². The Balaban J connectivity index is 4.11. The molecule has 0 rings (SSSR count). The highest BCUT2D eigenvalue weighted by molar-refractivity contribution is 5.93. The van der Waals surface area contributed by atoms with Crippen LogP contribution in [0, 0.1) is 0 Å². The number of carbonyl (C=O) groups is 1. The van der Waals surface area contributed by atoms with E-state index in [1.807, 2.05) is 6.08 Å². The number of nitrogens with one attached hydrogen (secondary N) is 1. The zero-order chi connectivity index (χ0) is 9.40. The molecule has 2 heteroatoms. The maximum Gasteiger partial charge on any atom is 0.246 e. The normalized spacial score (nSPS) is 11.4. The van der Waals surface area contributed by atoms with Gasteiger partial charge in [-0.05, 0) is 12.8 Å². The zero-order valence-corrected chi connectivity index (χ0v) is 8.31. The second kappa shape index (κ2) is 6.89. The lowest BCUT2D eigenvalue weighted by Gasteiger charge is -2.03. The van der Waals surface area contributed by atoms with Crippen LogP contribution in [-0.2, 0) is 4.79 Å². The number of allylic oxidation sites excluding steroid dienone is 1. The summed E-state index contributed by atoms with van der Waals surface area (Å²) in [6, 6.07) is 0. The van der Waals surface area contributed by atoms with Crippen molar-refractivity contribution in [1.29, 1.82) is 0 Å². The molecule has 0 atom stereocenters. The van der Waals surface area contributed by atoms with Crippen molar-refractivity contribution in [3.63, 3.8) is 0 Å². The Bertz CT molecular complexity index is 161. The summed E-state index contributed by atoms with van der Waals surface area (Å²) in [4.78, 5) is 11.2. The van der Waals surface area contributed by atoms with E-state index < -0.39 is 0 Å². The maximum absolute atomic E-state index is 11.2. The van der Waals surface area contributed by atoms with Crippen LogP contribution < -0.4 is 5.32 Å². The summed E-state index contributed by atoms with van der Waals surface area (Å²) >= 11 is 0. The lowest BCUT2D eigenvalue weighted by atomic mass is 10.1. The third-order valence-corrected chi connectivity index (χ3v) is 1.72. The first-order valence-corrected chi connectivity index (χ1v) is 4.67. The van der Waals surface area contributed by atoms with Crippen LogP contribution in [0.2, 0.25) is 0 Å². The van der Waals surface area contributed by atoms with Crippen molar-refractivity contribution in [1.82, 2.24) is 5.32 Å². The average molecular weight is 169 g/mol. The predicted octanol–water partition coefficient (Wildman–Crippen LogP) is 2.26. The van der Waals surface area contributed by atoms with Gasteiger partial charge >= 0.3 is 0 Å². The summed E-state index contributed by atoms with van der Waals surface area (Å²) in [6.07, 6.45) is 6.07. The van der Waals surface area contributed by atoms with Crippen molar-refractivity contribution < 1.29 is 4.79 Å². The number of rotatable bonds is 5. The van der Waals surface area contributed by atoms with E-state index in [0.29, 0.717) is 0 Å². The summed E-state index contributed by atoms with van der Waals surface area (Å²) in [7, 11) is 1.68. The van der Waals surface area contributed by atoms with Crippen molar-refractivity contribution in [2.45, 2.75) is 39.5 Å². The van der Waals surface area contributed by atoms with Crippen LogP contribution in [0.3, 0.4) is 0 Å². The van der Waals surface area contributed by atoms with E-state index in [1.165, 1.54) is 0 Å². The molecular weight excluding hydrogens is 150 g/mol. The first-order chi connectivity index (χ1) is 5.76. The van der Waals surface area contributed by atoms with Gasteiger partial charge in [-0.25, -0.2) is 0 Å². The fourth-order valence-electron chi connectivity index (χ4n) is 1.06. The standard InChI is InChI=1S/C10H19NO/c1-4-6-8-9(7-5-2)10(12)11-3/h8H,4-7H2,1-3H3,(H,11,12). The van der Waals surface area contributed by atoms with Gasteiger partial charge in [-0.15, -0.1) is 0 Å². The van der Waals surface area contributed by atoms with Gasteiger partial charge in [0, 0.05) is 12.6 Å². The zero-order valence-electron chi connectivity index (χ0n) is 8.31. The van der Waals surface area contributed by atoms with E-state index in [-0.39, 0.29) is 5.91 Å². The van der Waals surface area contributed by atoms with Crippen molar-refractivity contribution in [2.24, 2.45) is 0 Å². The fraction of sp³-hybridized carbons (Fsp3) is 0.700. The molecule has 0 aromatic heterocycles. The molecule has 0 aliphatic rings. The summed E-state index contributed by atoms with van der Waals surface area (Å²) in [6.45, 7) is 4.20. The number of carbonyl (C=O) groups excluding carboxylic acids is 1. The number of unbranched alkanes of at least 4 members (excludes halogenated alkanes) is 1. The van der Waals surface area contributed by atoms with Crippen LogP contribution in [0.4, 0.5) is 0 Å². The summed E-state index contributed by atoms with van der Waals surface area (Å²) < 4.78 is 0.